The van der Waals surface area contributed by atoms with E-state index in [1.807, 2.05) is 142 Å². The summed E-state index contributed by atoms with van der Waals surface area (Å²) < 4.78 is 0. The molecule has 0 unspecified atom stereocenters. The number of hydrogen-bond acceptors (Lipinski definition) is 2. The van der Waals surface area contributed by atoms with Gasteiger partial charge in [-0.05, 0) is 18.1 Å². The third-order valence-corrected chi connectivity index (χ3v) is 4.74. The van der Waals surface area contributed by atoms with Gasteiger partial charge in [-0.2, -0.15) is 0 Å². The van der Waals surface area contributed by atoms with E-state index in [1.165, 1.54) is 0 Å². The number of rotatable bonds is 4. The van der Waals surface area contributed by atoms with Crippen LogP contribution in [0.2, 0.25) is 0 Å². The summed E-state index contributed by atoms with van der Waals surface area (Å²) in [4.78, 5) is 11.8. The van der Waals surface area contributed by atoms with Crippen molar-refractivity contribution in [2.24, 2.45) is 0 Å². The Hall–Kier alpha value is -2.89. The zero-order valence-corrected chi connectivity index (χ0v) is 19.4. The monoisotopic (exact) mass is 418 g/mol. The molecule has 0 spiro atoms. The smallest absolute Gasteiger partial charge is 1.00 e. The molecule has 1 N–H and O–H groups in total. The fourth-order valence-electron chi connectivity index (χ4n) is 3.04. The Balaban J connectivity index is 0.000000547. The summed E-state index contributed by atoms with van der Waals surface area (Å²) in [6, 6.07) is 38.0. The molecule has 4 aromatic carbocycles. The molecule has 0 radical (unpaired) electrons. The van der Waals surface area contributed by atoms with Crippen LogP contribution in [0.15, 0.2) is 121 Å². The van der Waals surface area contributed by atoms with Crippen LogP contribution in [0, 0.1) is 0 Å². The first-order valence-electron chi connectivity index (χ1n) is 10.6. The van der Waals surface area contributed by atoms with E-state index < -0.39 is 5.60 Å². The van der Waals surface area contributed by atoms with E-state index in [9.17, 15) is 9.90 Å². The van der Waals surface area contributed by atoms with Crippen LogP contribution < -0.4 is 18.9 Å². The Morgan fingerprint density at radius 1 is 0.594 bits per heavy atom. The number of carbonyl (C=O) groups is 1. The van der Waals surface area contributed by atoms with Gasteiger partial charge in [-0.1, -0.05) is 135 Å². The Kier molecular flexibility index (Phi) is 12.1. The van der Waals surface area contributed by atoms with Gasteiger partial charge in [-0.3, -0.25) is 4.79 Å². The predicted molar refractivity (Wildman–Crippen MR) is 130 cm³/mol. The fourth-order valence-corrected chi connectivity index (χ4v) is 3.04. The van der Waals surface area contributed by atoms with Crippen molar-refractivity contribution in [2.75, 3.05) is 0 Å². The van der Waals surface area contributed by atoms with E-state index in [-0.39, 0.29) is 26.1 Å². The van der Waals surface area contributed by atoms with Gasteiger partial charge in [0, 0.05) is 11.1 Å². The van der Waals surface area contributed by atoms with E-state index in [4.69, 9.17) is 0 Å². The predicted octanol–water partition coefficient (Wildman–Crippen LogP) is 4.00. The second-order valence-corrected chi connectivity index (χ2v) is 6.87. The minimum atomic E-state index is -0.914. The van der Waals surface area contributed by atoms with E-state index in [0.29, 0.717) is 0 Å². The quantitative estimate of drug-likeness (QED) is 0.402. The Morgan fingerprint density at radius 3 is 1.12 bits per heavy atom. The summed E-state index contributed by atoms with van der Waals surface area (Å²) in [5, 5.41) is 10.5. The Morgan fingerprint density at radius 2 is 0.844 bits per heavy atom. The number of aliphatic hydroxyl groups is 1. The molecule has 0 amide bonds. The molecule has 2 nitrogen and oxygen atoms in total. The zero-order chi connectivity index (χ0) is 22.5. The van der Waals surface area contributed by atoms with Crippen molar-refractivity contribution in [1.29, 1.82) is 0 Å². The molecule has 3 heteroatoms. The van der Waals surface area contributed by atoms with E-state index in [1.54, 1.807) is 0 Å². The molecule has 4 aromatic rings. The van der Waals surface area contributed by atoms with Crippen molar-refractivity contribution in [1.82, 2.24) is 0 Å². The van der Waals surface area contributed by atoms with Crippen LogP contribution in [-0.4, -0.2) is 10.9 Å². The average molecular weight is 419 g/mol. The van der Waals surface area contributed by atoms with Crippen LogP contribution in [0.25, 0.3) is 0 Å². The van der Waals surface area contributed by atoms with Gasteiger partial charge in [-0.15, -0.1) is 0 Å². The van der Waals surface area contributed by atoms with Gasteiger partial charge in [0.1, 0.15) is 5.60 Å². The molecule has 0 aliphatic rings. The van der Waals surface area contributed by atoms with Gasteiger partial charge in [-0.25, -0.2) is 0 Å². The summed E-state index contributed by atoms with van der Waals surface area (Å²) in [6.45, 7) is 5.82. The third-order valence-electron chi connectivity index (χ3n) is 4.74. The van der Waals surface area contributed by atoms with Gasteiger partial charge in [0.05, 0.1) is 0 Å². The average Bonchev–Trinajstić information content (AvgIpc) is 2.87. The normalized spacial score (nSPS) is 9.75. The molecule has 0 atom stereocenters. The maximum atomic E-state index is 11.8. The van der Waals surface area contributed by atoms with E-state index >= 15 is 0 Å². The molecule has 0 aromatic heterocycles. The largest absolute Gasteiger partial charge is 1.00 e. The van der Waals surface area contributed by atoms with Crippen LogP contribution >= 0.6 is 0 Å². The summed E-state index contributed by atoms with van der Waals surface area (Å²) in [5.74, 6) is 0.0752. The van der Waals surface area contributed by atoms with Gasteiger partial charge in [0.15, 0.2) is 5.78 Å². The Bertz CT molecular complexity index is 939. The molecule has 32 heavy (non-hydrogen) atoms. The van der Waals surface area contributed by atoms with Crippen LogP contribution in [0.5, 0.6) is 0 Å². The van der Waals surface area contributed by atoms with Gasteiger partial charge in [0.2, 0.25) is 0 Å². The van der Waals surface area contributed by atoms with Gasteiger partial charge < -0.3 is 6.53 Å². The minimum Gasteiger partial charge on any atom is -1.00 e. The van der Waals surface area contributed by atoms with Crippen LogP contribution in [-0.2, 0) is 5.60 Å². The minimum absolute atomic E-state index is 0. The second-order valence-electron chi connectivity index (χ2n) is 6.87. The fraction of sp³-hybridized carbons (Fsp3) is 0.138. The summed E-state index contributed by atoms with van der Waals surface area (Å²) in [5.41, 5.74) is 2.38. The van der Waals surface area contributed by atoms with E-state index in [2.05, 4.69) is 0 Å². The van der Waals surface area contributed by atoms with Crippen LogP contribution in [0.1, 0.15) is 49.2 Å². The van der Waals surface area contributed by atoms with Crippen molar-refractivity contribution in [3.63, 3.8) is 0 Å². The van der Waals surface area contributed by atoms with Crippen LogP contribution in [0.3, 0.4) is 0 Å². The molecule has 0 fully saturated rings. The topological polar surface area (TPSA) is 37.3 Å². The van der Waals surface area contributed by atoms with Crippen molar-refractivity contribution < 1.29 is 30.2 Å². The number of hydrogen-bond donors (Lipinski definition) is 1. The first-order valence-corrected chi connectivity index (χ1v) is 10.6. The maximum Gasteiger partial charge on any atom is 1.00 e. The van der Waals surface area contributed by atoms with Crippen LogP contribution in [0.4, 0.5) is 0 Å². The van der Waals surface area contributed by atoms with Crippen molar-refractivity contribution in [2.45, 2.75) is 26.4 Å². The molecule has 0 aliphatic heterocycles. The van der Waals surface area contributed by atoms with E-state index in [0.717, 1.165) is 22.3 Å². The molecule has 4 rings (SSSR count). The summed E-state index contributed by atoms with van der Waals surface area (Å²) in [6.07, 6.45) is 0. The third kappa shape index (κ3) is 7.66. The summed E-state index contributed by atoms with van der Waals surface area (Å²) in [7, 11) is 0. The SMILES string of the molecule is CC.CC(O)(c1ccccc1)c1ccccc1.O=C(c1ccccc1)c1ccccc1.[H-].[Li+]. The van der Waals surface area contributed by atoms with Gasteiger partial charge >= 0.3 is 18.9 Å². The Labute approximate surface area is 205 Å². The molecule has 0 heterocycles. The molecular weight excluding hydrogens is 387 g/mol. The standard InChI is InChI=1S/C14H14O.C13H10O.C2H6.Li.H/c1-14(15,12-8-4-2-5-9-12)13-10-6-3-7-11-13;14-13(11-7-3-1-4-8-11)12-9-5-2-6-10-12;1-2;;/h2-11,15H,1H3;1-10H;1-2H3;;/q;;;+1;-1. The molecule has 0 saturated carbocycles. The van der Waals surface area contributed by atoms with Gasteiger partial charge in [0.25, 0.3) is 0 Å². The summed E-state index contributed by atoms with van der Waals surface area (Å²) >= 11 is 0. The molecule has 0 aliphatic carbocycles. The molecule has 0 bridgehead atoms. The number of carbonyl (C=O) groups excluding carboxylic acids is 1. The number of benzene rings is 4. The first-order chi connectivity index (χ1) is 15.1. The first kappa shape index (κ1) is 27.1. The van der Waals surface area contributed by atoms with Crippen molar-refractivity contribution >= 4 is 5.78 Å². The molecule has 0 saturated heterocycles. The molecular formula is C29H31LiO2. The van der Waals surface area contributed by atoms with Crippen molar-refractivity contribution in [3.8, 4) is 0 Å². The van der Waals surface area contributed by atoms with Crippen molar-refractivity contribution in [3.05, 3.63) is 144 Å². The molecule has 160 valence electrons. The maximum absolute atomic E-state index is 11.8. The second kappa shape index (κ2) is 14.2. The zero-order valence-electron chi connectivity index (χ0n) is 20.4. The number of ketones is 1.